The lowest BCUT2D eigenvalue weighted by atomic mass is 10.2. The summed E-state index contributed by atoms with van der Waals surface area (Å²) in [5.74, 6) is -1.11. The highest BCUT2D eigenvalue weighted by Gasteiger charge is 2.22. The van der Waals surface area contributed by atoms with Crippen molar-refractivity contribution in [3.8, 4) is 0 Å². The molecule has 124 valence electrons. The lowest BCUT2D eigenvalue weighted by Crippen LogP contribution is -2.13. The van der Waals surface area contributed by atoms with Crippen molar-refractivity contribution in [3.05, 3.63) is 72.6 Å². The Bertz CT molecular complexity index is 1240. The molecule has 0 aliphatic heterocycles. The molecule has 0 saturated carbocycles. The van der Waals surface area contributed by atoms with Gasteiger partial charge in [-0.2, -0.15) is 0 Å². The van der Waals surface area contributed by atoms with Gasteiger partial charge >= 0.3 is 5.97 Å². The van der Waals surface area contributed by atoms with E-state index in [1.807, 2.05) is 0 Å². The van der Waals surface area contributed by atoms with E-state index in [4.69, 9.17) is 5.11 Å². The van der Waals surface area contributed by atoms with Crippen molar-refractivity contribution in [1.82, 2.24) is 8.96 Å². The van der Waals surface area contributed by atoms with E-state index in [1.165, 1.54) is 30.6 Å². The van der Waals surface area contributed by atoms with Crippen LogP contribution in [0.5, 0.6) is 0 Å². The van der Waals surface area contributed by atoms with Crippen LogP contribution in [0.4, 0.5) is 0 Å². The van der Waals surface area contributed by atoms with E-state index in [9.17, 15) is 13.2 Å². The smallest absolute Gasteiger partial charge is 0.335 e. The van der Waals surface area contributed by atoms with E-state index in [0.29, 0.717) is 21.8 Å². The number of hydrogen-bond acceptors (Lipinski definition) is 4. The Morgan fingerprint density at radius 2 is 1.80 bits per heavy atom. The molecule has 0 spiro atoms. The van der Waals surface area contributed by atoms with Gasteiger partial charge < -0.3 is 5.11 Å². The average Bonchev–Trinajstić information content (AvgIpc) is 3.05. The predicted octanol–water partition coefficient (Wildman–Crippen LogP) is 3.12. The van der Waals surface area contributed by atoms with Gasteiger partial charge in [-0.05, 0) is 30.3 Å². The van der Waals surface area contributed by atoms with Crippen LogP contribution in [0.3, 0.4) is 0 Å². The minimum absolute atomic E-state index is 0.0266. The molecule has 0 amide bonds. The van der Waals surface area contributed by atoms with Crippen LogP contribution in [0.25, 0.3) is 21.8 Å². The van der Waals surface area contributed by atoms with Gasteiger partial charge in [0, 0.05) is 23.2 Å². The SMILES string of the molecule is O=C(O)c1ccc2ccn(S(=O)(=O)c3cccc4cccnc34)c2c1. The second-order valence-corrected chi connectivity index (χ2v) is 7.31. The highest BCUT2D eigenvalue weighted by molar-refractivity contribution is 7.90. The molecule has 6 nitrogen and oxygen atoms in total. The second-order valence-electron chi connectivity index (χ2n) is 5.53. The second kappa shape index (κ2) is 5.42. The lowest BCUT2D eigenvalue weighted by Gasteiger charge is -2.10. The number of benzene rings is 2. The monoisotopic (exact) mass is 352 g/mol. The summed E-state index contributed by atoms with van der Waals surface area (Å²) in [6.45, 7) is 0. The Hall–Kier alpha value is -3.19. The molecule has 4 rings (SSSR count). The van der Waals surface area contributed by atoms with Gasteiger partial charge in [0.15, 0.2) is 0 Å². The fourth-order valence-electron chi connectivity index (χ4n) is 2.84. The number of carboxylic acids is 1. The Kier molecular flexibility index (Phi) is 3.33. The molecular formula is C18H12N2O4S. The minimum Gasteiger partial charge on any atom is -0.478 e. The van der Waals surface area contributed by atoms with Gasteiger partial charge in [0.05, 0.1) is 16.6 Å². The Balaban J connectivity index is 2.01. The predicted molar refractivity (Wildman–Crippen MR) is 93.2 cm³/mol. The molecule has 2 aromatic heterocycles. The van der Waals surface area contributed by atoms with Crippen molar-refractivity contribution >= 4 is 37.8 Å². The summed E-state index contributed by atoms with van der Waals surface area (Å²) in [5, 5.41) is 10.5. The number of aromatic carboxylic acids is 1. The highest BCUT2D eigenvalue weighted by Crippen LogP contribution is 2.27. The number of nitrogens with zero attached hydrogens (tertiary/aromatic N) is 2. The normalized spacial score (nSPS) is 11.8. The average molecular weight is 352 g/mol. The summed E-state index contributed by atoms with van der Waals surface area (Å²) < 4.78 is 27.5. The molecule has 25 heavy (non-hydrogen) atoms. The highest BCUT2D eigenvalue weighted by atomic mass is 32.2. The van der Waals surface area contributed by atoms with Gasteiger partial charge in [-0.15, -0.1) is 0 Å². The van der Waals surface area contributed by atoms with Crippen LogP contribution in [-0.4, -0.2) is 28.5 Å². The number of pyridine rings is 1. The quantitative estimate of drug-likeness (QED) is 0.612. The molecule has 0 fully saturated rings. The topological polar surface area (TPSA) is 89.3 Å². The van der Waals surface area contributed by atoms with Crippen molar-refractivity contribution in [1.29, 1.82) is 0 Å². The van der Waals surface area contributed by atoms with Gasteiger partial charge in [-0.3, -0.25) is 4.98 Å². The molecule has 0 saturated heterocycles. The van der Waals surface area contributed by atoms with Crippen LogP contribution in [0, 0.1) is 0 Å². The molecule has 1 N–H and O–H groups in total. The first-order chi connectivity index (χ1) is 12.0. The zero-order chi connectivity index (χ0) is 17.6. The number of carboxylic acid groups (broad SMARTS) is 1. The fourth-order valence-corrected chi connectivity index (χ4v) is 4.35. The summed E-state index contributed by atoms with van der Waals surface area (Å²) in [4.78, 5) is 15.5. The van der Waals surface area contributed by atoms with E-state index in [1.54, 1.807) is 36.4 Å². The standard InChI is InChI=1S/C18H12N2O4S/c21-18(22)14-7-6-12-8-10-20(15(12)11-14)25(23,24)16-5-1-3-13-4-2-9-19-17(13)16/h1-11H,(H,21,22). The molecule has 0 unspecified atom stereocenters. The third-order valence-corrected chi connectivity index (χ3v) is 5.76. The van der Waals surface area contributed by atoms with Crippen LogP contribution in [-0.2, 0) is 10.0 Å². The minimum atomic E-state index is -3.93. The molecular weight excluding hydrogens is 340 g/mol. The number of hydrogen-bond donors (Lipinski definition) is 1. The van der Waals surface area contributed by atoms with Gasteiger partial charge in [0.2, 0.25) is 0 Å². The summed E-state index contributed by atoms with van der Waals surface area (Å²) in [5.41, 5.74) is 0.716. The Morgan fingerprint density at radius 1 is 1.00 bits per heavy atom. The number of aromatic nitrogens is 2. The van der Waals surface area contributed by atoms with Gasteiger partial charge in [-0.25, -0.2) is 17.2 Å². The molecule has 0 atom stereocenters. The number of carbonyl (C=O) groups is 1. The maximum absolute atomic E-state index is 13.2. The summed E-state index contributed by atoms with van der Waals surface area (Å²) in [6.07, 6.45) is 2.96. The van der Waals surface area contributed by atoms with Crippen LogP contribution < -0.4 is 0 Å². The number of para-hydroxylation sites is 1. The number of fused-ring (bicyclic) bond motifs is 2. The Labute approximate surface area is 143 Å². The zero-order valence-electron chi connectivity index (χ0n) is 12.8. The molecule has 0 radical (unpaired) electrons. The molecule has 7 heteroatoms. The van der Waals surface area contributed by atoms with E-state index in [0.717, 1.165) is 3.97 Å². The van der Waals surface area contributed by atoms with Gasteiger partial charge in [0.25, 0.3) is 10.0 Å². The van der Waals surface area contributed by atoms with E-state index in [2.05, 4.69) is 4.98 Å². The maximum atomic E-state index is 13.2. The molecule has 2 heterocycles. The van der Waals surface area contributed by atoms with Crippen LogP contribution in [0.1, 0.15) is 10.4 Å². The van der Waals surface area contributed by atoms with Crippen molar-refractivity contribution in [2.75, 3.05) is 0 Å². The van der Waals surface area contributed by atoms with E-state index >= 15 is 0 Å². The summed E-state index contributed by atoms with van der Waals surface area (Å²) in [7, 11) is -3.93. The molecule has 0 aliphatic rings. The molecule has 0 bridgehead atoms. The third-order valence-electron chi connectivity index (χ3n) is 4.04. The maximum Gasteiger partial charge on any atom is 0.335 e. The summed E-state index contributed by atoms with van der Waals surface area (Å²) in [6, 6.07) is 14.5. The van der Waals surface area contributed by atoms with Crippen LogP contribution in [0.2, 0.25) is 0 Å². The van der Waals surface area contributed by atoms with Crippen molar-refractivity contribution in [2.24, 2.45) is 0 Å². The molecule has 2 aromatic carbocycles. The van der Waals surface area contributed by atoms with Crippen molar-refractivity contribution in [3.63, 3.8) is 0 Å². The van der Waals surface area contributed by atoms with Gasteiger partial charge in [-0.1, -0.05) is 24.3 Å². The first-order valence-corrected chi connectivity index (χ1v) is 8.86. The lowest BCUT2D eigenvalue weighted by molar-refractivity contribution is 0.0697. The first kappa shape index (κ1) is 15.3. The van der Waals surface area contributed by atoms with E-state index < -0.39 is 16.0 Å². The third kappa shape index (κ3) is 2.36. The zero-order valence-corrected chi connectivity index (χ0v) is 13.6. The number of rotatable bonds is 3. The molecule has 0 aliphatic carbocycles. The largest absolute Gasteiger partial charge is 0.478 e. The van der Waals surface area contributed by atoms with Crippen molar-refractivity contribution in [2.45, 2.75) is 4.90 Å². The summed E-state index contributed by atoms with van der Waals surface area (Å²) >= 11 is 0. The van der Waals surface area contributed by atoms with E-state index in [-0.39, 0.29) is 10.5 Å². The van der Waals surface area contributed by atoms with Crippen molar-refractivity contribution < 1.29 is 18.3 Å². The van der Waals surface area contributed by atoms with Crippen LogP contribution >= 0.6 is 0 Å². The molecule has 4 aromatic rings. The van der Waals surface area contributed by atoms with Gasteiger partial charge in [0.1, 0.15) is 4.90 Å². The van der Waals surface area contributed by atoms with Crippen LogP contribution in [0.15, 0.2) is 71.9 Å². The first-order valence-electron chi connectivity index (χ1n) is 7.42. The Morgan fingerprint density at radius 3 is 2.60 bits per heavy atom. The fraction of sp³-hybridized carbons (Fsp3) is 0.